The van der Waals surface area contributed by atoms with E-state index in [9.17, 15) is 18.0 Å². The van der Waals surface area contributed by atoms with Gasteiger partial charge in [-0.15, -0.1) is 0 Å². The third-order valence-electron chi connectivity index (χ3n) is 5.23. The highest BCUT2D eigenvalue weighted by Crippen LogP contribution is 2.29. The van der Waals surface area contributed by atoms with E-state index >= 15 is 0 Å². The molecule has 2 amide bonds. The molecular formula is C23H28Cl3N3O4S. The van der Waals surface area contributed by atoms with Crippen molar-refractivity contribution in [2.75, 3.05) is 23.7 Å². The van der Waals surface area contributed by atoms with Gasteiger partial charge in [0.2, 0.25) is 21.8 Å². The normalized spacial score (nSPS) is 12.2. The molecule has 0 radical (unpaired) electrons. The first-order valence-corrected chi connectivity index (χ1v) is 13.6. The zero-order valence-corrected chi connectivity index (χ0v) is 22.5. The van der Waals surface area contributed by atoms with Crippen molar-refractivity contribution in [1.82, 2.24) is 10.2 Å². The molecule has 0 saturated heterocycles. The number of hydrogen-bond donors (Lipinski definition) is 1. The largest absolute Gasteiger partial charge is 0.355 e. The van der Waals surface area contributed by atoms with Gasteiger partial charge >= 0.3 is 0 Å². The number of halogens is 3. The molecule has 0 aliphatic rings. The molecule has 0 saturated carbocycles. The SMILES string of the molecule is CCNC(=O)C(CC)N(Cc1c(Cl)cccc1Cl)C(=O)CN(c1ccc(Cl)cc1C)S(C)(=O)=O. The summed E-state index contributed by atoms with van der Waals surface area (Å²) in [4.78, 5) is 27.7. The highest BCUT2D eigenvalue weighted by Gasteiger charge is 2.32. The van der Waals surface area contributed by atoms with Gasteiger partial charge in [-0.1, -0.05) is 47.8 Å². The van der Waals surface area contributed by atoms with E-state index in [0.717, 1.165) is 10.6 Å². The lowest BCUT2D eigenvalue weighted by Gasteiger charge is -2.33. The van der Waals surface area contributed by atoms with Crippen LogP contribution >= 0.6 is 34.8 Å². The van der Waals surface area contributed by atoms with E-state index in [1.807, 2.05) is 0 Å². The average molecular weight is 549 g/mol. The van der Waals surface area contributed by atoms with Gasteiger partial charge in [-0.05, 0) is 56.2 Å². The first-order valence-electron chi connectivity index (χ1n) is 10.6. The molecule has 0 heterocycles. The number of amides is 2. The fraction of sp³-hybridized carbons (Fsp3) is 0.391. The summed E-state index contributed by atoms with van der Waals surface area (Å²) in [5, 5.41) is 3.85. The maximum Gasteiger partial charge on any atom is 0.244 e. The van der Waals surface area contributed by atoms with Crippen LogP contribution in [0.15, 0.2) is 36.4 Å². The van der Waals surface area contributed by atoms with Crippen molar-refractivity contribution in [1.29, 1.82) is 0 Å². The van der Waals surface area contributed by atoms with Crippen LogP contribution in [-0.4, -0.2) is 50.5 Å². The van der Waals surface area contributed by atoms with E-state index in [4.69, 9.17) is 34.8 Å². The van der Waals surface area contributed by atoms with Gasteiger partial charge in [0, 0.05) is 33.7 Å². The Morgan fingerprint density at radius 2 is 1.68 bits per heavy atom. The molecule has 2 rings (SSSR count). The molecule has 0 aromatic heterocycles. The smallest absolute Gasteiger partial charge is 0.244 e. The third-order valence-corrected chi connectivity index (χ3v) is 7.30. The van der Waals surface area contributed by atoms with Crippen LogP contribution in [0.2, 0.25) is 15.1 Å². The van der Waals surface area contributed by atoms with Gasteiger partial charge in [-0.25, -0.2) is 8.42 Å². The Morgan fingerprint density at radius 1 is 1.06 bits per heavy atom. The summed E-state index contributed by atoms with van der Waals surface area (Å²) in [6.07, 6.45) is 1.32. The lowest BCUT2D eigenvalue weighted by Crippen LogP contribution is -2.52. The molecular weight excluding hydrogens is 521 g/mol. The van der Waals surface area contributed by atoms with E-state index < -0.39 is 28.5 Å². The van der Waals surface area contributed by atoms with Gasteiger partial charge < -0.3 is 10.2 Å². The van der Waals surface area contributed by atoms with Crippen LogP contribution in [0.25, 0.3) is 0 Å². The fourth-order valence-electron chi connectivity index (χ4n) is 3.56. The topological polar surface area (TPSA) is 86.8 Å². The second kappa shape index (κ2) is 12.1. The number of anilines is 1. The average Bonchev–Trinajstić information content (AvgIpc) is 2.73. The van der Waals surface area contributed by atoms with Gasteiger partial charge in [-0.3, -0.25) is 13.9 Å². The molecule has 1 atom stereocenters. The van der Waals surface area contributed by atoms with Gasteiger partial charge in [-0.2, -0.15) is 0 Å². The quantitative estimate of drug-likeness (QED) is 0.468. The first-order chi connectivity index (χ1) is 15.9. The van der Waals surface area contributed by atoms with Crippen molar-refractivity contribution >= 4 is 62.3 Å². The van der Waals surface area contributed by atoms with Gasteiger partial charge in [0.15, 0.2) is 0 Å². The molecule has 7 nitrogen and oxygen atoms in total. The van der Waals surface area contributed by atoms with Crippen molar-refractivity contribution in [3.8, 4) is 0 Å². The molecule has 2 aromatic carbocycles. The van der Waals surface area contributed by atoms with Crippen LogP contribution < -0.4 is 9.62 Å². The second-order valence-corrected chi connectivity index (χ2v) is 10.9. The van der Waals surface area contributed by atoms with Crippen molar-refractivity contribution in [3.63, 3.8) is 0 Å². The molecule has 1 unspecified atom stereocenters. The number of benzene rings is 2. The summed E-state index contributed by atoms with van der Waals surface area (Å²) in [6.45, 7) is 5.05. The van der Waals surface area contributed by atoms with Crippen LogP contribution in [-0.2, 0) is 26.2 Å². The fourth-order valence-corrected chi connectivity index (χ4v) is 5.21. The van der Waals surface area contributed by atoms with Crippen molar-refractivity contribution < 1.29 is 18.0 Å². The highest BCUT2D eigenvalue weighted by molar-refractivity contribution is 7.92. The van der Waals surface area contributed by atoms with E-state index in [-0.39, 0.29) is 12.5 Å². The summed E-state index contributed by atoms with van der Waals surface area (Å²) in [5.41, 5.74) is 1.37. The van der Waals surface area contributed by atoms with Gasteiger partial charge in [0.1, 0.15) is 12.6 Å². The standard InChI is InChI=1S/C23H28Cl3N3O4S/c1-5-20(23(31)27-6-2)28(13-17-18(25)8-7-9-19(17)26)22(30)14-29(34(4,32)33)21-11-10-16(24)12-15(21)3/h7-12,20H,5-6,13-14H2,1-4H3,(H,27,31). The Hall–Kier alpha value is -2.00. The number of aryl methyl sites for hydroxylation is 1. The maximum absolute atomic E-state index is 13.6. The third kappa shape index (κ3) is 7.01. The molecule has 2 aromatic rings. The van der Waals surface area contributed by atoms with Gasteiger partial charge in [0.05, 0.1) is 11.9 Å². The summed E-state index contributed by atoms with van der Waals surface area (Å²) < 4.78 is 26.3. The van der Waals surface area contributed by atoms with Crippen LogP contribution in [0.3, 0.4) is 0 Å². The molecule has 0 fully saturated rings. The molecule has 0 spiro atoms. The van der Waals surface area contributed by atoms with E-state index in [0.29, 0.717) is 44.8 Å². The predicted molar refractivity (Wildman–Crippen MR) is 138 cm³/mol. The zero-order chi connectivity index (χ0) is 25.6. The zero-order valence-electron chi connectivity index (χ0n) is 19.4. The maximum atomic E-state index is 13.6. The molecule has 34 heavy (non-hydrogen) atoms. The summed E-state index contributed by atoms with van der Waals surface area (Å²) in [5.74, 6) is -0.927. The number of nitrogens with zero attached hydrogens (tertiary/aromatic N) is 2. The van der Waals surface area contributed by atoms with E-state index in [1.165, 1.54) is 4.90 Å². The van der Waals surface area contributed by atoms with E-state index in [2.05, 4.69) is 5.32 Å². The molecule has 0 bridgehead atoms. The minimum absolute atomic E-state index is 0.0653. The van der Waals surface area contributed by atoms with Gasteiger partial charge in [0.25, 0.3) is 0 Å². The molecule has 1 N–H and O–H groups in total. The number of carbonyl (C=O) groups is 2. The van der Waals surface area contributed by atoms with Crippen molar-refractivity contribution in [2.24, 2.45) is 0 Å². The number of hydrogen-bond acceptors (Lipinski definition) is 4. The lowest BCUT2D eigenvalue weighted by atomic mass is 10.1. The number of rotatable bonds is 10. The Kier molecular flexibility index (Phi) is 10.1. The summed E-state index contributed by atoms with van der Waals surface area (Å²) in [6, 6.07) is 8.81. The Morgan fingerprint density at radius 3 is 2.18 bits per heavy atom. The Bertz CT molecular complexity index is 1140. The van der Waals surface area contributed by atoms with Crippen LogP contribution in [0.4, 0.5) is 5.69 Å². The number of sulfonamides is 1. The van der Waals surface area contributed by atoms with Crippen molar-refractivity contribution in [3.05, 3.63) is 62.6 Å². The first kappa shape index (κ1) is 28.2. The number of likely N-dealkylation sites (N-methyl/N-ethyl adjacent to an activating group) is 1. The van der Waals surface area contributed by atoms with E-state index in [1.54, 1.807) is 57.2 Å². The van der Waals surface area contributed by atoms with Crippen LogP contribution in [0.1, 0.15) is 31.4 Å². The Labute approximate surface area is 216 Å². The molecule has 0 aliphatic heterocycles. The highest BCUT2D eigenvalue weighted by atomic mass is 35.5. The molecule has 11 heteroatoms. The summed E-state index contributed by atoms with van der Waals surface area (Å²) >= 11 is 18.7. The molecule has 186 valence electrons. The van der Waals surface area contributed by atoms with Crippen LogP contribution in [0.5, 0.6) is 0 Å². The van der Waals surface area contributed by atoms with Crippen LogP contribution in [0, 0.1) is 6.92 Å². The van der Waals surface area contributed by atoms with Crippen molar-refractivity contribution in [2.45, 2.75) is 39.8 Å². The minimum atomic E-state index is -3.84. The second-order valence-electron chi connectivity index (χ2n) is 7.74. The Balaban J connectivity index is 2.53. The summed E-state index contributed by atoms with van der Waals surface area (Å²) in [7, 11) is -3.84. The number of nitrogens with one attached hydrogen (secondary N) is 1. The molecule has 0 aliphatic carbocycles. The lowest BCUT2D eigenvalue weighted by molar-refractivity contribution is -0.140. The predicted octanol–water partition coefficient (Wildman–Crippen LogP) is 4.66. The minimum Gasteiger partial charge on any atom is -0.355 e. The number of carbonyl (C=O) groups excluding carboxylic acids is 2. The monoisotopic (exact) mass is 547 g/mol.